The first kappa shape index (κ1) is 29.8. The van der Waals surface area contributed by atoms with Gasteiger partial charge in [0, 0.05) is 6.04 Å². The highest BCUT2D eigenvalue weighted by Gasteiger charge is 2.56. The molecule has 1 aliphatic heterocycles. The Bertz CT molecular complexity index is 1380. The van der Waals surface area contributed by atoms with Gasteiger partial charge in [0.2, 0.25) is 0 Å². The number of anilines is 1. The average molecular weight is 581 g/mol. The summed E-state index contributed by atoms with van der Waals surface area (Å²) in [7, 11) is -4.15. The second kappa shape index (κ2) is 11.4. The SMILES string of the molecule is CC(COC(=O)C(C)(C)C)NP(=O)(OCC1OC(c2cnc3c(N)ncnn23)C(C)(F)C1O)Oc1ccccc1. The third-order valence-electron chi connectivity index (χ3n) is 6.21. The number of nitrogens with zero attached hydrogens (tertiary/aromatic N) is 4. The van der Waals surface area contributed by atoms with Crippen LogP contribution >= 0.6 is 7.75 Å². The minimum absolute atomic E-state index is 0.0904. The van der Waals surface area contributed by atoms with E-state index in [-0.39, 0.29) is 29.5 Å². The fourth-order valence-electron chi connectivity index (χ4n) is 4.03. The zero-order chi connectivity index (χ0) is 29.3. The fraction of sp³-hybridized carbons (Fsp3) is 0.520. The molecule has 0 saturated carbocycles. The van der Waals surface area contributed by atoms with Crippen LogP contribution in [0, 0.1) is 5.41 Å². The summed E-state index contributed by atoms with van der Waals surface area (Å²) in [6.07, 6.45) is -1.69. The van der Waals surface area contributed by atoms with E-state index >= 15 is 4.39 Å². The maximum atomic E-state index is 15.8. The number of fused-ring (bicyclic) bond motifs is 1. The molecule has 0 radical (unpaired) electrons. The maximum absolute atomic E-state index is 15.8. The Balaban J connectivity index is 1.50. The summed E-state index contributed by atoms with van der Waals surface area (Å²) < 4.78 is 53.4. The number of aliphatic hydroxyl groups excluding tert-OH is 1. The quantitative estimate of drug-likeness (QED) is 0.237. The lowest BCUT2D eigenvalue weighted by molar-refractivity contribution is -0.153. The molecule has 3 aromatic rings. The number of nitrogen functional groups attached to an aromatic ring is 1. The summed E-state index contributed by atoms with van der Waals surface area (Å²) in [5.74, 6) is -0.106. The fourth-order valence-corrected chi connectivity index (χ4v) is 5.56. The van der Waals surface area contributed by atoms with Crippen LogP contribution in [0.25, 0.3) is 5.65 Å². The maximum Gasteiger partial charge on any atom is 0.459 e. The second-order valence-corrected chi connectivity index (χ2v) is 12.5. The van der Waals surface area contributed by atoms with Gasteiger partial charge < -0.3 is 24.8 Å². The van der Waals surface area contributed by atoms with Crippen molar-refractivity contribution in [3.63, 3.8) is 0 Å². The molecule has 1 saturated heterocycles. The summed E-state index contributed by atoms with van der Waals surface area (Å²) in [5.41, 5.74) is 3.22. The Morgan fingerprint density at radius 1 is 1.32 bits per heavy atom. The standard InChI is InChI=1S/C25H34FN6O7P/c1-15(12-36-23(34)24(2,3)4)31-40(35,39-16-9-7-6-8-10-16)37-13-18-19(33)25(5,26)20(38-18)17-11-28-22-21(27)29-14-30-32(17)22/h6-11,14-15,18-20,33H,12-13H2,1-5H3,(H,31,35)(H2,27,29,30). The predicted molar refractivity (Wildman–Crippen MR) is 142 cm³/mol. The second-order valence-electron chi connectivity index (χ2n) is 10.8. The van der Waals surface area contributed by atoms with Crippen LogP contribution in [-0.2, 0) is 23.4 Å². The van der Waals surface area contributed by atoms with Crippen molar-refractivity contribution >= 4 is 25.2 Å². The lowest BCUT2D eigenvalue weighted by Gasteiger charge is -2.26. The zero-order valence-corrected chi connectivity index (χ0v) is 23.7. The summed E-state index contributed by atoms with van der Waals surface area (Å²) in [6, 6.07) is 7.63. The highest BCUT2D eigenvalue weighted by Crippen LogP contribution is 2.48. The van der Waals surface area contributed by atoms with Crippen molar-refractivity contribution in [2.24, 2.45) is 5.41 Å². The summed E-state index contributed by atoms with van der Waals surface area (Å²) in [6.45, 7) is 7.34. The van der Waals surface area contributed by atoms with Crippen LogP contribution in [0.15, 0.2) is 42.9 Å². The Hall–Kier alpha value is -3.16. The summed E-state index contributed by atoms with van der Waals surface area (Å²) >= 11 is 0. The Morgan fingerprint density at radius 3 is 2.70 bits per heavy atom. The van der Waals surface area contributed by atoms with Gasteiger partial charge in [0.15, 0.2) is 17.1 Å². The van der Waals surface area contributed by atoms with E-state index in [4.69, 9.17) is 24.3 Å². The van der Waals surface area contributed by atoms with Crippen molar-refractivity contribution in [2.45, 2.75) is 64.6 Å². The average Bonchev–Trinajstić information content (AvgIpc) is 3.40. The number of esters is 1. The predicted octanol–water partition coefficient (Wildman–Crippen LogP) is 3.01. The molecule has 218 valence electrons. The third kappa shape index (κ3) is 6.42. The first-order valence-corrected chi connectivity index (χ1v) is 14.2. The van der Waals surface area contributed by atoms with Crippen LogP contribution in [0.2, 0.25) is 0 Å². The van der Waals surface area contributed by atoms with Crippen LogP contribution < -0.4 is 15.3 Å². The molecule has 6 unspecified atom stereocenters. The van der Waals surface area contributed by atoms with Crippen molar-refractivity contribution in [3.05, 3.63) is 48.5 Å². The Kier molecular flexibility index (Phi) is 8.48. The molecule has 1 aromatic carbocycles. The van der Waals surface area contributed by atoms with Gasteiger partial charge in [0.25, 0.3) is 0 Å². The third-order valence-corrected chi connectivity index (χ3v) is 7.91. The first-order valence-electron chi connectivity index (χ1n) is 12.6. The molecule has 13 nitrogen and oxygen atoms in total. The number of aliphatic hydroxyl groups is 1. The molecule has 15 heteroatoms. The van der Waals surface area contributed by atoms with Gasteiger partial charge in [-0.25, -0.2) is 28.5 Å². The van der Waals surface area contributed by atoms with Crippen molar-refractivity contribution in [2.75, 3.05) is 18.9 Å². The van der Waals surface area contributed by atoms with E-state index in [1.807, 2.05) is 0 Å². The molecule has 4 rings (SSSR count). The number of hydrogen-bond donors (Lipinski definition) is 3. The van der Waals surface area contributed by atoms with Crippen LogP contribution in [0.4, 0.5) is 10.2 Å². The van der Waals surface area contributed by atoms with E-state index in [0.717, 1.165) is 0 Å². The van der Waals surface area contributed by atoms with Gasteiger partial charge in [-0.15, -0.1) is 0 Å². The number of halogens is 1. The Morgan fingerprint density at radius 2 is 2.02 bits per heavy atom. The molecule has 2 aromatic heterocycles. The number of aromatic nitrogens is 4. The molecular weight excluding hydrogens is 546 g/mol. The highest BCUT2D eigenvalue weighted by atomic mass is 31.2. The van der Waals surface area contributed by atoms with Crippen molar-refractivity contribution in [1.82, 2.24) is 24.7 Å². The smallest absolute Gasteiger partial charge is 0.459 e. The number of alkyl halides is 1. The molecule has 6 atom stereocenters. The summed E-state index contributed by atoms with van der Waals surface area (Å²) in [4.78, 5) is 20.2. The Labute approximate surface area is 230 Å². The molecule has 4 N–H and O–H groups in total. The van der Waals surface area contributed by atoms with E-state index in [2.05, 4.69) is 20.2 Å². The topological polar surface area (TPSA) is 172 Å². The van der Waals surface area contributed by atoms with Gasteiger partial charge in [-0.2, -0.15) is 5.10 Å². The molecule has 3 heterocycles. The molecule has 40 heavy (non-hydrogen) atoms. The number of nitrogens with one attached hydrogen (secondary N) is 1. The van der Waals surface area contributed by atoms with Crippen LogP contribution in [0.5, 0.6) is 5.75 Å². The minimum Gasteiger partial charge on any atom is -0.464 e. The van der Waals surface area contributed by atoms with Gasteiger partial charge >= 0.3 is 13.7 Å². The van der Waals surface area contributed by atoms with Gasteiger partial charge in [0.05, 0.1) is 23.9 Å². The molecule has 1 aliphatic rings. The molecule has 0 bridgehead atoms. The minimum atomic E-state index is -4.15. The monoisotopic (exact) mass is 580 g/mol. The first-order chi connectivity index (χ1) is 18.7. The normalized spacial score (nSPS) is 25.4. The van der Waals surface area contributed by atoms with E-state index < -0.39 is 55.8 Å². The highest BCUT2D eigenvalue weighted by molar-refractivity contribution is 7.52. The van der Waals surface area contributed by atoms with Crippen LogP contribution in [0.1, 0.15) is 46.4 Å². The lowest BCUT2D eigenvalue weighted by Crippen LogP contribution is -2.40. The number of benzene rings is 1. The van der Waals surface area contributed by atoms with Crippen molar-refractivity contribution in [3.8, 4) is 5.75 Å². The number of nitrogens with two attached hydrogens (primary N) is 1. The van der Waals surface area contributed by atoms with Gasteiger partial charge in [-0.1, -0.05) is 18.2 Å². The van der Waals surface area contributed by atoms with E-state index in [9.17, 15) is 14.5 Å². The van der Waals surface area contributed by atoms with Gasteiger partial charge in [0.1, 0.15) is 37.0 Å². The number of para-hydroxylation sites is 1. The van der Waals surface area contributed by atoms with Crippen LogP contribution in [-0.4, -0.2) is 67.8 Å². The molecule has 1 fully saturated rings. The largest absolute Gasteiger partial charge is 0.464 e. The lowest BCUT2D eigenvalue weighted by atomic mass is 9.93. The number of ether oxygens (including phenoxy) is 2. The number of hydrogen-bond acceptors (Lipinski definition) is 11. The molecular formula is C25H34FN6O7P. The number of imidazole rings is 1. The van der Waals surface area contributed by atoms with Gasteiger partial charge in [-0.05, 0) is 46.8 Å². The van der Waals surface area contributed by atoms with Crippen molar-refractivity contribution in [1.29, 1.82) is 0 Å². The van der Waals surface area contributed by atoms with Crippen LogP contribution in [0.3, 0.4) is 0 Å². The van der Waals surface area contributed by atoms with Crippen molar-refractivity contribution < 1.29 is 37.4 Å². The number of rotatable bonds is 10. The number of carbonyl (C=O) groups excluding carboxylic acids is 1. The number of carbonyl (C=O) groups is 1. The van der Waals surface area contributed by atoms with E-state index in [0.29, 0.717) is 0 Å². The van der Waals surface area contributed by atoms with E-state index in [1.54, 1.807) is 58.0 Å². The van der Waals surface area contributed by atoms with Gasteiger partial charge in [-0.3, -0.25) is 9.32 Å². The molecule has 0 amide bonds. The molecule has 0 aliphatic carbocycles. The van der Waals surface area contributed by atoms with E-state index in [1.165, 1.54) is 24.0 Å². The zero-order valence-electron chi connectivity index (χ0n) is 22.9. The summed E-state index contributed by atoms with van der Waals surface area (Å²) in [5, 5.41) is 17.6. The molecule has 0 spiro atoms.